The molecule has 1 amide bonds. The maximum atomic E-state index is 13.2. The Morgan fingerprint density at radius 1 is 1.11 bits per heavy atom. The molecule has 1 aliphatic heterocycles. The van der Waals surface area contributed by atoms with Crippen LogP contribution in [0.5, 0.6) is 0 Å². The minimum Gasteiger partial charge on any atom is -0.335 e. The molecule has 1 aromatic carbocycles. The van der Waals surface area contributed by atoms with E-state index < -0.39 is 5.82 Å². The van der Waals surface area contributed by atoms with Gasteiger partial charge in [-0.1, -0.05) is 23.7 Å². The van der Waals surface area contributed by atoms with Gasteiger partial charge in [0.15, 0.2) is 11.0 Å². The number of rotatable bonds is 3. The zero-order valence-corrected chi connectivity index (χ0v) is 15.0. The largest absolute Gasteiger partial charge is 0.335 e. The fourth-order valence-electron chi connectivity index (χ4n) is 3.15. The van der Waals surface area contributed by atoms with Crippen molar-refractivity contribution in [3.05, 3.63) is 70.8 Å². The van der Waals surface area contributed by atoms with Crippen molar-refractivity contribution in [2.75, 3.05) is 6.54 Å². The third kappa shape index (κ3) is 3.55. The van der Waals surface area contributed by atoms with Crippen molar-refractivity contribution in [3.8, 4) is 11.1 Å². The number of amides is 1. The van der Waals surface area contributed by atoms with Crippen molar-refractivity contribution in [2.45, 2.75) is 19.5 Å². The Labute approximate surface area is 159 Å². The summed E-state index contributed by atoms with van der Waals surface area (Å²) >= 11 is 5.69. The lowest BCUT2D eigenvalue weighted by atomic mass is 10.1. The Kier molecular flexibility index (Phi) is 4.61. The Morgan fingerprint density at radius 3 is 2.63 bits per heavy atom. The molecular formula is C19H15ClF2N4O. The second kappa shape index (κ2) is 7.08. The molecule has 0 aliphatic carbocycles. The molecule has 0 bridgehead atoms. The summed E-state index contributed by atoms with van der Waals surface area (Å²) in [6, 6.07) is 8.84. The number of aromatic nitrogens is 3. The number of fused-ring (bicyclic) bond motifs is 1. The van der Waals surface area contributed by atoms with Crippen LogP contribution in [0.3, 0.4) is 0 Å². The third-order valence-electron chi connectivity index (χ3n) is 4.57. The van der Waals surface area contributed by atoms with Crippen molar-refractivity contribution >= 4 is 17.5 Å². The minimum atomic E-state index is -0.612. The fourth-order valence-corrected chi connectivity index (χ4v) is 3.32. The van der Waals surface area contributed by atoms with E-state index in [0.717, 1.165) is 16.8 Å². The second-order valence-corrected chi connectivity index (χ2v) is 6.66. The Hall–Kier alpha value is -2.80. The minimum absolute atomic E-state index is 0.0417. The van der Waals surface area contributed by atoms with Crippen LogP contribution in [0.15, 0.2) is 42.6 Å². The molecule has 0 radical (unpaired) electrons. The lowest BCUT2D eigenvalue weighted by Gasteiger charge is -2.28. The predicted molar refractivity (Wildman–Crippen MR) is 95.9 cm³/mol. The van der Waals surface area contributed by atoms with Crippen LogP contribution in [0.2, 0.25) is 5.15 Å². The van der Waals surface area contributed by atoms with Crippen LogP contribution in [0, 0.1) is 11.6 Å². The Morgan fingerprint density at radius 2 is 1.89 bits per heavy atom. The van der Waals surface area contributed by atoms with E-state index in [-0.39, 0.29) is 23.3 Å². The van der Waals surface area contributed by atoms with Crippen molar-refractivity contribution in [2.24, 2.45) is 0 Å². The molecular weight excluding hydrogens is 374 g/mol. The first-order chi connectivity index (χ1) is 13.0. The molecule has 3 heterocycles. The molecule has 0 spiro atoms. The molecule has 3 aromatic rings. The maximum Gasteiger partial charge on any atom is 0.229 e. The number of carbonyl (C=O) groups is 1. The van der Waals surface area contributed by atoms with Gasteiger partial charge in [0, 0.05) is 12.1 Å². The molecule has 2 aromatic heterocycles. The summed E-state index contributed by atoms with van der Waals surface area (Å²) in [6.45, 7) is 1.48. The molecule has 8 heteroatoms. The summed E-state index contributed by atoms with van der Waals surface area (Å²) in [6.07, 6.45) is 1.78. The quantitative estimate of drug-likeness (QED) is 0.646. The molecule has 0 unspecified atom stereocenters. The van der Waals surface area contributed by atoms with Gasteiger partial charge in [0.2, 0.25) is 5.91 Å². The van der Waals surface area contributed by atoms with E-state index in [1.54, 1.807) is 23.2 Å². The van der Waals surface area contributed by atoms with Crippen LogP contribution < -0.4 is 0 Å². The van der Waals surface area contributed by atoms with Crippen LogP contribution in [0.25, 0.3) is 11.1 Å². The van der Waals surface area contributed by atoms with Gasteiger partial charge in [-0.2, -0.15) is 5.10 Å². The predicted octanol–water partition coefficient (Wildman–Crippen LogP) is 3.46. The number of pyridine rings is 1. The summed E-state index contributed by atoms with van der Waals surface area (Å²) in [4.78, 5) is 18.3. The number of hydrogen-bond acceptors (Lipinski definition) is 3. The van der Waals surface area contributed by atoms with Gasteiger partial charge < -0.3 is 4.90 Å². The topological polar surface area (TPSA) is 51.0 Å². The van der Waals surface area contributed by atoms with Crippen LogP contribution in [-0.4, -0.2) is 32.1 Å². The van der Waals surface area contributed by atoms with Crippen LogP contribution in [0.4, 0.5) is 8.78 Å². The van der Waals surface area contributed by atoms with Crippen molar-refractivity contribution in [3.63, 3.8) is 0 Å². The summed E-state index contributed by atoms with van der Waals surface area (Å²) in [7, 11) is 0. The maximum absolute atomic E-state index is 13.2. The third-order valence-corrected chi connectivity index (χ3v) is 4.84. The first-order valence-electron chi connectivity index (χ1n) is 8.40. The standard InChI is InChI=1S/C19H15ClF2N4O/c20-19-16(22)6-5-14(24-19)9-18(27)25-7-8-26-17(11-25)15(10-23-26)12-1-3-13(21)4-2-12/h1-6,10H,7-9,11H2. The smallest absolute Gasteiger partial charge is 0.229 e. The van der Waals surface area contributed by atoms with Crippen molar-refractivity contribution in [1.82, 2.24) is 19.7 Å². The highest BCUT2D eigenvalue weighted by molar-refractivity contribution is 6.29. The molecule has 0 atom stereocenters. The number of carbonyl (C=O) groups excluding carboxylic acids is 1. The normalized spacial score (nSPS) is 13.5. The number of benzene rings is 1. The van der Waals surface area contributed by atoms with Crippen LogP contribution in [0.1, 0.15) is 11.4 Å². The van der Waals surface area contributed by atoms with E-state index in [0.29, 0.717) is 25.3 Å². The first kappa shape index (κ1) is 17.6. The van der Waals surface area contributed by atoms with Crippen molar-refractivity contribution < 1.29 is 13.6 Å². The molecule has 0 N–H and O–H groups in total. The number of hydrogen-bond donors (Lipinski definition) is 0. The highest BCUT2D eigenvalue weighted by Crippen LogP contribution is 2.27. The van der Waals surface area contributed by atoms with E-state index in [2.05, 4.69) is 10.1 Å². The monoisotopic (exact) mass is 388 g/mol. The molecule has 0 saturated heterocycles. The summed E-state index contributed by atoms with van der Waals surface area (Å²) < 4.78 is 28.3. The molecule has 4 rings (SSSR count). The van der Waals surface area contributed by atoms with E-state index in [1.807, 2.05) is 4.68 Å². The van der Waals surface area contributed by atoms with Gasteiger partial charge in [-0.25, -0.2) is 13.8 Å². The van der Waals surface area contributed by atoms with Gasteiger partial charge in [-0.15, -0.1) is 0 Å². The first-order valence-corrected chi connectivity index (χ1v) is 8.78. The fraction of sp³-hybridized carbons (Fsp3) is 0.211. The van der Waals surface area contributed by atoms with Crippen molar-refractivity contribution in [1.29, 1.82) is 0 Å². The average Bonchev–Trinajstić information content (AvgIpc) is 3.08. The Balaban J connectivity index is 1.53. The van der Waals surface area contributed by atoms with Gasteiger partial charge >= 0.3 is 0 Å². The lowest BCUT2D eigenvalue weighted by molar-refractivity contribution is -0.132. The van der Waals surface area contributed by atoms with E-state index >= 15 is 0 Å². The molecule has 5 nitrogen and oxygen atoms in total. The molecule has 1 aliphatic rings. The van der Waals surface area contributed by atoms with Crippen LogP contribution >= 0.6 is 11.6 Å². The van der Waals surface area contributed by atoms with Gasteiger partial charge in [0.05, 0.1) is 37.1 Å². The van der Waals surface area contributed by atoms with Gasteiger partial charge in [-0.3, -0.25) is 9.48 Å². The zero-order valence-electron chi connectivity index (χ0n) is 14.2. The van der Waals surface area contributed by atoms with Gasteiger partial charge in [0.25, 0.3) is 0 Å². The zero-order chi connectivity index (χ0) is 19.0. The molecule has 27 heavy (non-hydrogen) atoms. The van der Waals surface area contributed by atoms with E-state index in [9.17, 15) is 13.6 Å². The average molecular weight is 389 g/mol. The lowest BCUT2D eigenvalue weighted by Crippen LogP contribution is -2.39. The summed E-state index contributed by atoms with van der Waals surface area (Å²) in [5, 5.41) is 4.13. The number of nitrogens with zero attached hydrogens (tertiary/aromatic N) is 4. The Bertz CT molecular complexity index is 1000. The molecule has 0 fully saturated rings. The van der Waals surface area contributed by atoms with Crippen LogP contribution in [-0.2, 0) is 24.3 Å². The van der Waals surface area contributed by atoms with Gasteiger partial charge in [0.1, 0.15) is 5.82 Å². The highest BCUT2D eigenvalue weighted by atomic mass is 35.5. The molecule has 138 valence electrons. The summed E-state index contributed by atoms with van der Waals surface area (Å²) in [5.41, 5.74) is 3.03. The van der Waals surface area contributed by atoms with Gasteiger partial charge in [-0.05, 0) is 29.8 Å². The molecule has 0 saturated carbocycles. The second-order valence-electron chi connectivity index (χ2n) is 6.30. The highest BCUT2D eigenvalue weighted by Gasteiger charge is 2.25. The summed E-state index contributed by atoms with van der Waals surface area (Å²) in [5.74, 6) is -1.04. The SMILES string of the molecule is O=C(Cc1ccc(F)c(Cl)n1)N1CCn2ncc(-c3ccc(F)cc3)c2C1. The number of halogens is 3. The van der Waals surface area contributed by atoms with E-state index in [1.165, 1.54) is 24.3 Å². The van der Waals surface area contributed by atoms with E-state index in [4.69, 9.17) is 11.6 Å².